The van der Waals surface area contributed by atoms with Crippen LogP contribution in [0.4, 0.5) is 4.39 Å². The first-order chi connectivity index (χ1) is 9.20. The molecule has 96 valence electrons. The zero-order valence-electron chi connectivity index (χ0n) is 10.7. The summed E-state index contributed by atoms with van der Waals surface area (Å²) in [6.45, 7) is 3.32. The zero-order valence-corrected chi connectivity index (χ0v) is 10.7. The van der Waals surface area contributed by atoms with Crippen LogP contribution in [0.25, 0.3) is 0 Å². The summed E-state index contributed by atoms with van der Waals surface area (Å²) in [4.78, 5) is 4.04. The van der Waals surface area contributed by atoms with Crippen molar-refractivity contribution in [3.63, 3.8) is 0 Å². The molecule has 0 atom stereocenters. The highest BCUT2D eigenvalue weighted by Gasteiger charge is 2.03. The lowest BCUT2D eigenvalue weighted by Gasteiger charge is -2.07. The molecule has 2 rings (SSSR count). The number of rotatable bonds is 4. The second-order valence-electron chi connectivity index (χ2n) is 4.33. The van der Waals surface area contributed by atoms with Crippen molar-refractivity contribution in [2.45, 2.75) is 20.0 Å². The third-order valence-corrected chi connectivity index (χ3v) is 2.93. The third-order valence-electron chi connectivity index (χ3n) is 2.93. The molecule has 0 aliphatic rings. The quantitative estimate of drug-likeness (QED) is 0.913. The summed E-state index contributed by atoms with van der Waals surface area (Å²) in [6.07, 6.45) is 3.58. The van der Waals surface area contributed by atoms with Gasteiger partial charge in [-0.3, -0.25) is 4.98 Å². The Morgan fingerprint density at radius 3 is 2.89 bits per heavy atom. The van der Waals surface area contributed by atoms with Crippen LogP contribution in [0.1, 0.15) is 22.3 Å². The minimum absolute atomic E-state index is 0.0828. The molecule has 19 heavy (non-hydrogen) atoms. The molecule has 0 unspecified atom stereocenters. The molecule has 4 heteroatoms. The van der Waals surface area contributed by atoms with E-state index in [2.05, 4.69) is 10.3 Å². The number of hydrogen-bond donors (Lipinski definition) is 1. The molecule has 3 nitrogen and oxygen atoms in total. The summed E-state index contributed by atoms with van der Waals surface area (Å²) in [7, 11) is 0. The number of nitrogens with one attached hydrogen (secondary N) is 1. The molecule has 0 fully saturated rings. The molecule has 1 N–H and O–H groups in total. The van der Waals surface area contributed by atoms with Gasteiger partial charge in [0.15, 0.2) is 0 Å². The van der Waals surface area contributed by atoms with Crippen molar-refractivity contribution in [3.05, 3.63) is 64.7 Å². The number of nitriles is 1. The van der Waals surface area contributed by atoms with E-state index in [0.717, 1.165) is 11.1 Å². The van der Waals surface area contributed by atoms with Crippen molar-refractivity contribution >= 4 is 0 Å². The second-order valence-corrected chi connectivity index (χ2v) is 4.33. The van der Waals surface area contributed by atoms with E-state index in [4.69, 9.17) is 5.26 Å². The predicted molar refractivity (Wildman–Crippen MR) is 70.6 cm³/mol. The van der Waals surface area contributed by atoms with E-state index in [9.17, 15) is 4.39 Å². The Morgan fingerprint density at radius 1 is 1.32 bits per heavy atom. The molecule has 0 radical (unpaired) electrons. The average molecular weight is 255 g/mol. The van der Waals surface area contributed by atoms with Crippen LogP contribution in [-0.2, 0) is 13.1 Å². The molecule has 0 saturated carbocycles. The van der Waals surface area contributed by atoms with Gasteiger partial charge >= 0.3 is 0 Å². The number of hydrogen-bond acceptors (Lipinski definition) is 3. The average Bonchev–Trinajstić information content (AvgIpc) is 2.43. The van der Waals surface area contributed by atoms with Gasteiger partial charge in [-0.25, -0.2) is 4.39 Å². The van der Waals surface area contributed by atoms with Crippen LogP contribution in [0.5, 0.6) is 0 Å². The van der Waals surface area contributed by atoms with Crippen LogP contribution in [-0.4, -0.2) is 4.98 Å². The van der Waals surface area contributed by atoms with Gasteiger partial charge in [0, 0.05) is 25.5 Å². The van der Waals surface area contributed by atoms with Crippen LogP contribution in [0, 0.1) is 24.1 Å². The SMILES string of the molecule is Cc1cnccc1CNCc1ccc(F)c(C#N)c1. The van der Waals surface area contributed by atoms with Crippen LogP contribution in [0.2, 0.25) is 0 Å². The van der Waals surface area contributed by atoms with Crippen LogP contribution < -0.4 is 5.32 Å². The Kier molecular flexibility index (Phi) is 4.22. The van der Waals surface area contributed by atoms with Crippen LogP contribution in [0.15, 0.2) is 36.7 Å². The monoisotopic (exact) mass is 255 g/mol. The van der Waals surface area contributed by atoms with Gasteiger partial charge < -0.3 is 5.32 Å². The standard InChI is InChI=1S/C15H14FN3/c1-11-8-18-5-4-13(11)10-19-9-12-2-3-15(16)14(6-12)7-17/h2-6,8,19H,9-10H2,1H3. The van der Waals surface area contributed by atoms with E-state index in [1.165, 1.54) is 11.6 Å². The summed E-state index contributed by atoms with van der Waals surface area (Å²) in [6, 6.07) is 8.39. The normalized spacial score (nSPS) is 10.2. The minimum atomic E-state index is -0.476. The fourth-order valence-corrected chi connectivity index (χ4v) is 1.81. The van der Waals surface area contributed by atoms with Crippen molar-refractivity contribution in [2.24, 2.45) is 0 Å². The van der Waals surface area contributed by atoms with E-state index in [-0.39, 0.29) is 5.56 Å². The van der Waals surface area contributed by atoms with E-state index >= 15 is 0 Å². The highest BCUT2D eigenvalue weighted by molar-refractivity contribution is 5.34. The first-order valence-electron chi connectivity index (χ1n) is 5.99. The number of nitrogens with zero attached hydrogens (tertiary/aromatic N) is 2. The fraction of sp³-hybridized carbons (Fsp3) is 0.200. The van der Waals surface area contributed by atoms with Gasteiger partial charge in [0.1, 0.15) is 11.9 Å². The van der Waals surface area contributed by atoms with Crippen molar-refractivity contribution in [3.8, 4) is 6.07 Å². The Bertz CT molecular complexity index is 617. The Morgan fingerprint density at radius 2 is 2.16 bits per heavy atom. The van der Waals surface area contributed by atoms with Crippen molar-refractivity contribution in [1.82, 2.24) is 10.3 Å². The molecule has 1 heterocycles. The third kappa shape index (κ3) is 3.36. The lowest BCUT2D eigenvalue weighted by Crippen LogP contribution is -2.13. The summed E-state index contributed by atoms with van der Waals surface area (Å²) in [5, 5.41) is 12.0. The molecule has 1 aromatic heterocycles. The van der Waals surface area contributed by atoms with Crippen molar-refractivity contribution in [1.29, 1.82) is 5.26 Å². The number of halogens is 1. The van der Waals surface area contributed by atoms with E-state index in [1.807, 2.05) is 25.3 Å². The second kappa shape index (κ2) is 6.07. The molecule has 0 bridgehead atoms. The topological polar surface area (TPSA) is 48.7 Å². The molecular formula is C15H14FN3. The Hall–Kier alpha value is -2.25. The molecule has 0 aliphatic carbocycles. The van der Waals surface area contributed by atoms with E-state index in [0.29, 0.717) is 13.1 Å². The van der Waals surface area contributed by atoms with Gasteiger partial charge in [0.25, 0.3) is 0 Å². The zero-order chi connectivity index (χ0) is 13.7. The highest BCUT2D eigenvalue weighted by atomic mass is 19.1. The Labute approximate surface area is 111 Å². The minimum Gasteiger partial charge on any atom is -0.309 e. The fourth-order valence-electron chi connectivity index (χ4n) is 1.81. The maximum Gasteiger partial charge on any atom is 0.140 e. The number of aryl methyl sites for hydroxylation is 1. The largest absolute Gasteiger partial charge is 0.309 e. The van der Waals surface area contributed by atoms with E-state index in [1.54, 1.807) is 18.3 Å². The van der Waals surface area contributed by atoms with Gasteiger partial charge in [0.2, 0.25) is 0 Å². The van der Waals surface area contributed by atoms with Gasteiger partial charge in [-0.15, -0.1) is 0 Å². The van der Waals surface area contributed by atoms with Crippen molar-refractivity contribution < 1.29 is 4.39 Å². The number of aromatic nitrogens is 1. The number of pyridine rings is 1. The summed E-state index contributed by atoms with van der Waals surface area (Å²) < 4.78 is 13.2. The van der Waals surface area contributed by atoms with Gasteiger partial charge in [0.05, 0.1) is 5.56 Å². The molecule has 2 aromatic rings. The van der Waals surface area contributed by atoms with Gasteiger partial charge in [-0.05, 0) is 41.8 Å². The van der Waals surface area contributed by atoms with Gasteiger partial charge in [-0.1, -0.05) is 6.07 Å². The van der Waals surface area contributed by atoms with Gasteiger partial charge in [-0.2, -0.15) is 5.26 Å². The summed E-state index contributed by atoms with van der Waals surface area (Å²) in [5.41, 5.74) is 3.29. The van der Waals surface area contributed by atoms with Crippen LogP contribution >= 0.6 is 0 Å². The molecule has 1 aromatic carbocycles. The Balaban J connectivity index is 1.97. The molecule has 0 saturated heterocycles. The first kappa shape index (κ1) is 13.2. The molecule has 0 spiro atoms. The summed E-state index contributed by atoms with van der Waals surface area (Å²) >= 11 is 0. The lowest BCUT2D eigenvalue weighted by atomic mass is 10.1. The maximum atomic E-state index is 13.2. The first-order valence-corrected chi connectivity index (χ1v) is 5.99. The molecular weight excluding hydrogens is 241 g/mol. The maximum absolute atomic E-state index is 13.2. The highest BCUT2D eigenvalue weighted by Crippen LogP contribution is 2.10. The summed E-state index contributed by atoms with van der Waals surface area (Å²) in [5.74, 6) is -0.476. The van der Waals surface area contributed by atoms with Crippen molar-refractivity contribution in [2.75, 3.05) is 0 Å². The lowest BCUT2D eigenvalue weighted by molar-refractivity contribution is 0.621. The molecule has 0 amide bonds. The smallest absolute Gasteiger partial charge is 0.140 e. The predicted octanol–water partition coefficient (Wildman–Crippen LogP) is 2.69. The number of benzene rings is 1. The van der Waals surface area contributed by atoms with E-state index < -0.39 is 5.82 Å². The van der Waals surface area contributed by atoms with Crippen LogP contribution in [0.3, 0.4) is 0 Å². The molecule has 0 aliphatic heterocycles.